The van der Waals surface area contributed by atoms with Crippen molar-refractivity contribution in [2.75, 3.05) is 20.8 Å². The quantitative estimate of drug-likeness (QED) is 0.183. The van der Waals surface area contributed by atoms with E-state index in [1.54, 1.807) is 14.2 Å². The van der Waals surface area contributed by atoms with Crippen LogP contribution in [0.1, 0.15) is 43.9 Å². The smallest absolute Gasteiger partial charge is 0.330 e. The van der Waals surface area contributed by atoms with E-state index in [4.69, 9.17) is 18.9 Å². The molecule has 0 spiro atoms. The summed E-state index contributed by atoms with van der Waals surface area (Å²) in [5.41, 5.74) is -1.70. The number of H-pyrrole nitrogens is 1. The van der Waals surface area contributed by atoms with Gasteiger partial charge in [-0.2, -0.15) is 0 Å². The average Bonchev–Trinajstić information content (AvgIpc) is 3.37. The zero-order chi connectivity index (χ0) is 33.3. The van der Waals surface area contributed by atoms with Gasteiger partial charge in [0.2, 0.25) is 0 Å². The maximum Gasteiger partial charge on any atom is 0.330 e. The van der Waals surface area contributed by atoms with E-state index >= 15 is 0 Å². The summed E-state index contributed by atoms with van der Waals surface area (Å²) in [7, 11) is 1.78. The van der Waals surface area contributed by atoms with Gasteiger partial charge in [-0.1, -0.05) is 88.5 Å². The van der Waals surface area contributed by atoms with Gasteiger partial charge in [0.15, 0.2) is 0 Å². The van der Waals surface area contributed by atoms with Crippen LogP contribution in [0.25, 0.3) is 0 Å². The van der Waals surface area contributed by atoms with Crippen LogP contribution in [0.2, 0.25) is 13.1 Å². The second-order valence-electron chi connectivity index (χ2n) is 13.0. The van der Waals surface area contributed by atoms with Crippen LogP contribution in [0, 0.1) is 5.41 Å². The number of aliphatic hydroxyl groups is 1. The highest BCUT2D eigenvalue weighted by atomic mass is 28.3. The number of benzene rings is 3. The highest BCUT2D eigenvalue weighted by molar-refractivity contribution is 6.58. The van der Waals surface area contributed by atoms with Gasteiger partial charge in [-0.05, 0) is 46.4 Å². The molecule has 1 radical (unpaired) electrons. The molecule has 4 aromatic rings. The Bertz CT molecular complexity index is 1700. The molecular formula is C36H43N2O7Si. The van der Waals surface area contributed by atoms with Gasteiger partial charge in [0.25, 0.3) is 5.56 Å². The van der Waals surface area contributed by atoms with E-state index in [9.17, 15) is 14.7 Å². The van der Waals surface area contributed by atoms with E-state index in [1.165, 1.54) is 16.8 Å². The van der Waals surface area contributed by atoms with Crippen LogP contribution in [0.4, 0.5) is 0 Å². The van der Waals surface area contributed by atoms with Crippen molar-refractivity contribution in [3.63, 3.8) is 0 Å². The molecule has 0 bridgehead atoms. The third kappa shape index (κ3) is 5.75. The van der Waals surface area contributed by atoms with Crippen molar-refractivity contribution in [1.82, 2.24) is 9.55 Å². The molecule has 0 aliphatic carbocycles. The molecule has 2 N–H and O–H groups in total. The summed E-state index contributed by atoms with van der Waals surface area (Å²) in [5, 5.41) is 11.5. The predicted octanol–water partition coefficient (Wildman–Crippen LogP) is 5.08. The molecule has 0 saturated carbocycles. The first kappa shape index (κ1) is 33.4. The summed E-state index contributed by atoms with van der Waals surface area (Å²) in [4.78, 5) is 27.6. The number of hydrogen-bond donors (Lipinski definition) is 2. The SMILES string of the molecule is COc1ccc(C(OC[C@H]2O[C@](n3ccc(=O)[nH]c3=O)([Si](C)C)C[C@@]2(O)C(C)(C)C)(c2ccccc2)c2ccc(OC)cc2)cc1. The first-order chi connectivity index (χ1) is 21.8. The highest BCUT2D eigenvalue weighted by Gasteiger charge is 2.63. The Morgan fingerprint density at radius 2 is 1.39 bits per heavy atom. The number of hydrogen-bond acceptors (Lipinski definition) is 7. The average molecular weight is 644 g/mol. The van der Waals surface area contributed by atoms with Crippen molar-refractivity contribution >= 4 is 8.80 Å². The maximum atomic E-state index is 13.2. The van der Waals surface area contributed by atoms with Gasteiger partial charge in [-0.15, -0.1) is 0 Å². The van der Waals surface area contributed by atoms with Crippen molar-refractivity contribution in [3.05, 3.63) is 129 Å². The lowest BCUT2D eigenvalue weighted by atomic mass is 9.72. The van der Waals surface area contributed by atoms with Crippen LogP contribution in [0.5, 0.6) is 11.5 Å². The van der Waals surface area contributed by atoms with E-state index in [-0.39, 0.29) is 13.0 Å². The van der Waals surface area contributed by atoms with Crippen LogP contribution in [-0.4, -0.2) is 56.0 Å². The monoisotopic (exact) mass is 643 g/mol. The van der Waals surface area contributed by atoms with Crippen molar-refractivity contribution in [2.24, 2.45) is 5.41 Å². The molecule has 46 heavy (non-hydrogen) atoms. The number of aromatic amines is 1. The van der Waals surface area contributed by atoms with Crippen molar-refractivity contribution in [2.45, 2.75) is 62.9 Å². The van der Waals surface area contributed by atoms with Crippen molar-refractivity contribution < 1.29 is 24.1 Å². The maximum absolute atomic E-state index is 13.2. The molecular weight excluding hydrogens is 600 g/mol. The van der Waals surface area contributed by atoms with Crippen LogP contribution in [0.3, 0.4) is 0 Å². The van der Waals surface area contributed by atoms with Gasteiger partial charge < -0.3 is 24.1 Å². The van der Waals surface area contributed by atoms with Gasteiger partial charge in [-0.3, -0.25) is 14.3 Å². The fourth-order valence-electron chi connectivity index (χ4n) is 6.43. The molecule has 1 saturated heterocycles. The normalized spacial score (nSPS) is 21.8. The Kier molecular flexibility index (Phi) is 9.20. The van der Waals surface area contributed by atoms with Crippen LogP contribution >= 0.6 is 0 Å². The largest absolute Gasteiger partial charge is 0.497 e. The summed E-state index contributed by atoms with van der Waals surface area (Å²) in [6, 6.07) is 26.7. The molecule has 0 unspecified atom stereocenters. The topological polar surface area (TPSA) is 112 Å². The Balaban J connectivity index is 1.68. The number of nitrogens with one attached hydrogen (secondary N) is 1. The predicted molar refractivity (Wildman–Crippen MR) is 179 cm³/mol. The van der Waals surface area contributed by atoms with Crippen molar-refractivity contribution in [3.8, 4) is 11.5 Å². The lowest BCUT2D eigenvalue weighted by Gasteiger charge is -2.42. The Morgan fingerprint density at radius 1 is 0.870 bits per heavy atom. The zero-order valence-corrected chi connectivity index (χ0v) is 28.5. The number of aromatic nitrogens is 2. The molecule has 3 aromatic carbocycles. The van der Waals surface area contributed by atoms with E-state index in [2.05, 4.69) is 4.98 Å². The van der Waals surface area contributed by atoms with Gasteiger partial charge in [0, 0.05) is 18.7 Å². The molecule has 10 heteroatoms. The van der Waals surface area contributed by atoms with Gasteiger partial charge >= 0.3 is 5.69 Å². The second kappa shape index (κ2) is 12.7. The van der Waals surface area contributed by atoms with Crippen LogP contribution < -0.4 is 20.7 Å². The minimum atomic E-state index is -1.47. The van der Waals surface area contributed by atoms with Crippen LogP contribution in [-0.2, 0) is 20.4 Å². The molecule has 1 aliphatic heterocycles. The first-order valence-corrected chi connectivity index (χ1v) is 17.8. The van der Waals surface area contributed by atoms with E-state index in [1.807, 2.05) is 113 Å². The number of ether oxygens (including phenoxy) is 4. The summed E-state index contributed by atoms with van der Waals surface area (Å²) in [5.74, 6) is 1.41. The first-order valence-electron chi connectivity index (χ1n) is 15.3. The Morgan fingerprint density at radius 3 is 1.85 bits per heavy atom. The summed E-state index contributed by atoms with van der Waals surface area (Å²) in [6.45, 7) is 9.95. The molecule has 3 atom stereocenters. The van der Waals surface area contributed by atoms with Gasteiger partial charge in [0.05, 0.1) is 20.8 Å². The van der Waals surface area contributed by atoms with Crippen molar-refractivity contribution in [1.29, 1.82) is 0 Å². The molecule has 1 fully saturated rings. The highest BCUT2D eigenvalue weighted by Crippen LogP contribution is 2.52. The number of rotatable bonds is 10. The van der Waals surface area contributed by atoms with E-state index < -0.39 is 48.1 Å². The Hall–Kier alpha value is -3.96. The number of methoxy groups -OCH3 is 2. The molecule has 1 aromatic heterocycles. The Labute approximate surface area is 271 Å². The standard InChI is InChI=1S/C36H43N2O7Si/c1-33(2,3)34(41)24-35(46(6)7,38-22-21-31(39)37-32(38)40)45-30(34)23-44-36(25-11-9-8-10-12-25,26-13-17-28(42-4)18-14-26)27-15-19-29(43-5)20-16-27/h8-22,30,41H,23-24H2,1-7H3,(H,37,39,40)/t30-,34+,35+/m1/s1. The zero-order valence-electron chi connectivity index (χ0n) is 27.5. The fourth-order valence-corrected chi connectivity index (χ4v) is 8.09. The van der Waals surface area contributed by atoms with Crippen LogP contribution in [0.15, 0.2) is 101 Å². The summed E-state index contributed by atoms with van der Waals surface area (Å²) in [6.07, 6.45) is 0.772. The third-order valence-electron chi connectivity index (χ3n) is 9.30. The molecule has 2 heterocycles. The molecule has 9 nitrogen and oxygen atoms in total. The fraction of sp³-hybridized carbons (Fsp3) is 0.389. The third-order valence-corrected chi connectivity index (χ3v) is 11.4. The lowest BCUT2D eigenvalue weighted by molar-refractivity contribution is -0.158. The summed E-state index contributed by atoms with van der Waals surface area (Å²) >= 11 is 0. The second-order valence-corrected chi connectivity index (χ2v) is 15.8. The molecule has 0 amide bonds. The van der Waals surface area contributed by atoms with Gasteiger partial charge in [-0.25, -0.2) is 4.79 Å². The number of nitrogens with zero attached hydrogens (tertiary/aromatic N) is 1. The van der Waals surface area contributed by atoms with E-state index in [0.717, 1.165) is 16.7 Å². The minimum Gasteiger partial charge on any atom is -0.497 e. The minimum absolute atomic E-state index is 0.0181. The molecule has 5 rings (SSSR count). The molecule has 243 valence electrons. The lowest BCUT2D eigenvalue weighted by Crippen LogP contribution is -2.54. The van der Waals surface area contributed by atoms with Gasteiger partial charge in [0.1, 0.15) is 43.0 Å². The van der Waals surface area contributed by atoms with E-state index in [0.29, 0.717) is 11.5 Å². The summed E-state index contributed by atoms with van der Waals surface area (Å²) < 4.78 is 26.5. The molecule has 1 aliphatic rings.